The summed E-state index contributed by atoms with van der Waals surface area (Å²) in [6.07, 6.45) is 2.19. The summed E-state index contributed by atoms with van der Waals surface area (Å²) in [6.45, 7) is 1.88. The second-order valence-electron chi connectivity index (χ2n) is 5.38. The summed E-state index contributed by atoms with van der Waals surface area (Å²) in [5, 5.41) is 3.35. The highest BCUT2D eigenvalue weighted by Crippen LogP contribution is 2.37. The summed E-state index contributed by atoms with van der Waals surface area (Å²) in [6, 6.07) is 1.22. The molecule has 0 amide bonds. The third kappa shape index (κ3) is 2.66. The number of hydrogen-bond donors (Lipinski definition) is 1. The third-order valence-electron chi connectivity index (χ3n) is 3.86. The van der Waals surface area contributed by atoms with Crippen molar-refractivity contribution in [2.24, 2.45) is 11.8 Å². The Balaban J connectivity index is 1.92. The lowest BCUT2D eigenvalue weighted by Crippen LogP contribution is -2.37. The summed E-state index contributed by atoms with van der Waals surface area (Å²) in [4.78, 5) is 3.74. The molecule has 2 aliphatic rings. The lowest BCUT2D eigenvalue weighted by Gasteiger charge is -2.34. The molecule has 19 heavy (non-hydrogen) atoms. The smallest absolute Gasteiger partial charge is 0.316 e. The summed E-state index contributed by atoms with van der Waals surface area (Å²) in [5.74, 6) is 0.977. The second-order valence-corrected chi connectivity index (χ2v) is 5.38. The van der Waals surface area contributed by atoms with E-state index in [1.807, 2.05) is 0 Å². The van der Waals surface area contributed by atoms with Crippen molar-refractivity contribution in [1.82, 2.24) is 10.3 Å². The van der Waals surface area contributed by atoms with Crippen molar-refractivity contribution >= 4 is 5.57 Å². The molecule has 0 spiro atoms. The maximum absolute atomic E-state index is 12.7. The van der Waals surface area contributed by atoms with E-state index in [1.165, 1.54) is 12.3 Å². The molecule has 2 heterocycles. The van der Waals surface area contributed by atoms with Crippen molar-refractivity contribution in [2.75, 3.05) is 13.1 Å². The number of rotatable bonds is 1. The minimum absolute atomic E-state index is 0.442. The number of pyridine rings is 1. The SMILES string of the molecule is FC(F)(F)c1cncc(C2=C[C@@H]3CNC[C@H](C2)C3)c1. The minimum Gasteiger partial charge on any atom is -0.316 e. The van der Waals surface area contributed by atoms with Crippen LogP contribution in [0.1, 0.15) is 24.0 Å². The van der Waals surface area contributed by atoms with E-state index in [0.29, 0.717) is 17.4 Å². The van der Waals surface area contributed by atoms with E-state index < -0.39 is 11.7 Å². The molecule has 1 aromatic rings. The van der Waals surface area contributed by atoms with E-state index in [2.05, 4.69) is 16.4 Å². The highest BCUT2D eigenvalue weighted by Gasteiger charge is 2.32. The minimum atomic E-state index is -4.32. The monoisotopic (exact) mass is 268 g/mol. The van der Waals surface area contributed by atoms with Crippen LogP contribution in [0.5, 0.6) is 0 Å². The predicted octanol–water partition coefficient (Wildman–Crippen LogP) is 3.11. The number of nitrogens with one attached hydrogen (secondary N) is 1. The Labute approximate surface area is 109 Å². The van der Waals surface area contributed by atoms with Crippen LogP contribution in [0.3, 0.4) is 0 Å². The molecule has 3 rings (SSSR count). The van der Waals surface area contributed by atoms with Gasteiger partial charge in [-0.15, -0.1) is 0 Å². The van der Waals surface area contributed by atoms with E-state index in [9.17, 15) is 13.2 Å². The fraction of sp³-hybridized carbons (Fsp3) is 0.500. The van der Waals surface area contributed by atoms with Gasteiger partial charge >= 0.3 is 6.18 Å². The van der Waals surface area contributed by atoms with Gasteiger partial charge in [-0.1, -0.05) is 6.08 Å². The third-order valence-corrected chi connectivity index (χ3v) is 3.86. The number of nitrogens with zero attached hydrogens (tertiary/aromatic N) is 1. The number of piperidine rings is 1. The lowest BCUT2D eigenvalue weighted by molar-refractivity contribution is -0.137. The first-order valence-corrected chi connectivity index (χ1v) is 6.46. The molecular weight excluding hydrogens is 253 g/mol. The molecule has 2 nitrogen and oxygen atoms in total. The topological polar surface area (TPSA) is 24.9 Å². The first kappa shape index (κ1) is 12.7. The first-order valence-electron chi connectivity index (χ1n) is 6.46. The summed E-state index contributed by atoms with van der Waals surface area (Å²) < 4.78 is 38.1. The van der Waals surface area contributed by atoms with Crippen molar-refractivity contribution < 1.29 is 13.2 Å². The summed E-state index contributed by atoms with van der Waals surface area (Å²) >= 11 is 0. The van der Waals surface area contributed by atoms with E-state index in [1.54, 1.807) is 0 Å². The van der Waals surface area contributed by atoms with Gasteiger partial charge in [0.25, 0.3) is 0 Å². The normalized spacial score (nSPS) is 27.0. The average molecular weight is 268 g/mol. The Kier molecular flexibility index (Phi) is 3.09. The van der Waals surface area contributed by atoms with Gasteiger partial charge in [0, 0.05) is 18.9 Å². The fourth-order valence-corrected chi connectivity index (χ4v) is 3.00. The molecule has 102 valence electrons. The fourth-order valence-electron chi connectivity index (χ4n) is 3.00. The van der Waals surface area contributed by atoms with Gasteiger partial charge in [0.15, 0.2) is 0 Å². The van der Waals surface area contributed by atoms with Crippen LogP contribution in [0.25, 0.3) is 5.57 Å². The average Bonchev–Trinajstić information content (AvgIpc) is 2.37. The highest BCUT2D eigenvalue weighted by molar-refractivity contribution is 5.67. The summed E-state index contributed by atoms with van der Waals surface area (Å²) in [5.41, 5.74) is 0.965. The van der Waals surface area contributed by atoms with E-state index in [0.717, 1.165) is 37.7 Å². The van der Waals surface area contributed by atoms with Crippen molar-refractivity contribution in [3.05, 3.63) is 35.7 Å². The molecule has 1 aromatic heterocycles. The van der Waals surface area contributed by atoms with Gasteiger partial charge in [0.2, 0.25) is 0 Å². The number of aromatic nitrogens is 1. The number of halogens is 3. The van der Waals surface area contributed by atoms with E-state index in [4.69, 9.17) is 0 Å². The number of hydrogen-bond acceptors (Lipinski definition) is 2. The van der Waals surface area contributed by atoms with Crippen LogP contribution < -0.4 is 5.32 Å². The van der Waals surface area contributed by atoms with Gasteiger partial charge in [-0.2, -0.15) is 13.2 Å². The van der Waals surface area contributed by atoms with Gasteiger partial charge in [-0.25, -0.2) is 0 Å². The molecule has 0 aromatic carbocycles. The zero-order chi connectivity index (χ0) is 13.5. The molecular formula is C14H15F3N2. The Morgan fingerprint density at radius 1 is 1.21 bits per heavy atom. The van der Waals surface area contributed by atoms with Crippen LogP contribution in [0, 0.1) is 11.8 Å². The Bertz CT molecular complexity index is 508. The van der Waals surface area contributed by atoms with Gasteiger partial charge in [-0.3, -0.25) is 4.98 Å². The predicted molar refractivity (Wildman–Crippen MR) is 66.3 cm³/mol. The number of allylic oxidation sites excluding steroid dienone is 1. The van der Waals surface area contributed by atoms with Gasteiger partial charge in [0.05, 0.1) is 5.56 Å². The zero-order valence-electron chi connectivity index (χ0n) is 10.4. The van der Waals surface area contributed by atoms with Gasteiger partial charge in [-0.05, 0) is 48.4 Å². The maximum atomic E-state index is 12.7. The second kappa shape index (κ2) is 4.63. The maximum Gasteiger partial charge on any atom is 0.417 e. The summed E-state index contributed by atoms with van der Waals surface area (Å²) in [7, 11) is 0. The molecule has 1 fully saturated rings. The Hall–Kier alpha value is -1.36. The zero-order valence-corrected chi connectivity index (χ0v) is 10.4. The van der Waals surface area contributed by atoms with E-state index >= 15 is 0 Å². The highest BCUT2D eigenvalue weighted by atomic mass is 19.4. The quantitative estimate of drug-likeness (QED) is 0.846. The Morgan fingerprint density at radius 2 is 2.05 bits per heavy atom. The van der Waals surface area contributed by atoms with Crippen LogP contribution in [0.4, 0.5) is 13.2 Å². The molecule has 1 saturated heterocycles. The standard InChI is InChI=1S/C14H15F3N2/c15-14(16,17)13-4-12(7-19-8-13)11-2-9-1-10(3-11)6-18-5-9/h2,4,7-10,18H,1,3,5-6H2/t9-,10+/m1/s1. The van der Waals surface area contributed by atoms with Crippen LogP contribution in [0.15, 0.2) is 24.5 Å². The first-order chi connectivity index (χ1) is 9.02. The van der Waals surface area contributed by atoms with Gasteiger partial charge < -0.3 is 5.32 Å². The van der Waals surface area contributed by atoms with Crippen LogP contribution in [-0.2, 0) is 6.18 Å². The number of alkyl halides is 3. The Morgan fingerprint density at radius 3 is 2.79 bits per heavy atom. The van der Waals surface area contributed by atoms with Gasteiger partial charge in [0.1, 0.15) is 0 Å². The molecule has 0 saturated carbocycles. The molecule has 2 atom stereocenters. The molecule has 0 radical (unpaired) electrons. The van der Waals surface area contributed by atoms with Crippen molar-refractivity contribution in [1.29, 1.82) is 0 Å². The van der Waals surface area contributed by atoms with Crippen molar-refractivity contribution in [3.8, 4) is 0 Å². The lowest BCUT2D eigenvalue weighted by atomic mass is 9.78. The van der Waals surface area contributed by atoms with E-state index in [-0.39, 0.29) is 0 Å². The molecule has 1 aliphatic carbocycles. The number of fused-ring (bicyclic) bond motifs is 2. The van der Waals surface area contributed by atoms with Crippen molar-refractivity contribution in [3.63, 3.8) is 0 Å². The molecule has 2 bridgehead atoms. The molecule has 1 aliphatic heterocycles. The molecule has 5 heteroatoms. The van der Waals surface area contributed by atoms with Crippen LogP contribution >= 0.6 is 0 Å². The van der Waals surface area contributed by atoms with Crippen molar-refractivity contribution in [2.45, 2.75) is 19.0 Å². The van der Waals surface area contributed by atoms with Crippen LogP contribution in [0.2, 0.25) is 0 Å². The molecule has 0 unspecified atom stereocenters. The largest absolute Gasteiger partial charge is 0.417 e. The van der Waals surface area contributed by atoms with Crippen LogP contribution in [-0.4, -0.2) is 18.1 Å². The molecule has 1 N–H and O–H groups in total.